The Hall–Kier alpha value is -2.56. The zero-order valence-electron chi connectivity index (χ0n) is 14.8. The molecule has 2 heterocycles. The van der Waals surface area contributed by atoms with Crippen LogP contribution in [0.3, 0.4) is 0 Å². The maximum absolute atomic E-state index is 12.8. The smallest absolute Gasteiger partial charge is 0.306 e. The number of nitrogens with zero attached hydrogens (tertiary/aromatic N) is 1. The Kier molecular flexibility index (Phi) is 4.53. The number of carbonyl (C=O) groups excluding carboxylic acids is 1. The highest BCUT2D eigenvalue weighted by atomic mass is 16.4. The lowest BCUT2D eigenvalue weighted by molar-refractivity contribution is -0.145. The fraction of sp³-hybridized carbons (Fsp3) is 0.429. The second kappa shape index (κ2) is 6.98. The minimum atomic E-state index is -0.722. The molecular formula is C21H24N2O3. The molecule has 1 aromatic carbocycles. The molecule has 5 nitrogen and oxygen atoms in total. The van der Waals surface area contributed by atoms with Gasteiger partial charge < -0.3 is 15.0 Å². The Morgan fingerprint density at radius 2 is 1.81 bits per heavy atom. The summed E-state index contributed by atoms with van der Waals surface area (Å²) in [4.78, 5) is 29.1. The SMILES string of the molecule is O=C(O)C1CCC(C(=O)N2CC=C(c3c[nH]c4ccccc34)CC2)CC1. The lowest BCUT2D eigenvalue weighted by Gasteiger charge is -2.32. The number of carboxylic acids is 1. The van der Waals surface area contributed by atoms with Crippen LogP contribution in [0.5, 0.6) is 0 Å². The molecule has 0 spiro atoms. The van der Waals surface area contributed by atoms with E-state index in [9.17, 15) is 9.59 Å². The highest BCUT2D eigenvalue weighted by Crippen LogP contribution is 2.33. The summed E-state index contributed by atoms with van der Waals surface area (Å²) >= 11 is 0. The van der Waals surface area contributed by atoms with Crippen LogP contribution < -0.4 is 0 Å². The zero-order valence-corrected chi connectivity index (χ0v) is 14.8. The van der Waals surface area contributed by atoms with Crippen molar-refractivity contribution in [1.82, 2.24) is 9.88 Å². The van der Waals surface area contributed by atoms with Crippen molar-refractivity contribution < 1.29 is 14.7 Å². The van der Waals surface area contributed by atoms with E-state index in [1.807, 2.05) is 17.0 Å². The van der Waals surface area contributed by atoms with Gasteiger partial charge in [-0.25, -0.2) is 0 Å². The van der Waals surface area contributed by atoms with Crippen LogP contribution in [-0.2, 0) is 9.59 Å². The highest BCUT2D eigenvalue weighted by Gasteiger charge is 2.32. The summed E-state index contributed by atoms with van der Waals surface area (Å²) in [5.41, 5.74) is 3.66. The fourth-order valence-electron chi connectivity index (χ4n) is 4.30. The number of hydrogen-bond donors (Lipinski definition) is 2. The molecule has 2 aromatic rings. The van der Waals surface area contributed by atoms with Crippen molar-refractivity contribution >= 4 is 28.4 Å². The van der Waals surface area contributed by atoms with Crippen LogP contribution in [0.15, 0.2) is 36.5 Å². The van der Waals surface area contributed by atoms with Crippen LogP contribution in [0.25, 0.3) is 16.5 Å². The summed E-state index contributed by atoms with van der Waals surface area (Å²) in [6.07, 6.45) is 7.72. The molecular weight excluding hydrogens is 328 g/mol. The molecule has 1 fully saturated rings. The van der Waals surface area contributed by atoms with E-state index in [1.165, 1.54) is 16.5 Å². The van der Waals surface area contributed by atoms with E-state index in [0.717, 1.165) is 18.5 Å². The van der Waals surface area contributed by atoms with Gasteiger partial charge in [-0.05, 0) is 43.7 Å². The Morgan fingerprint density at radius 1 is 1.08 bits per heavy atom. The topological polar surface area (TPSA) is 73.4 Å². The highest BCUT2D eigenvalue weighted by molar-refractivity contribution is 5.93. The maximum Gasteiger partial charge on any atom is 0.306 e. The van der Waals surface area contributed by atoms with Gasteiger partial charge in [-0.15, -0.1) is 0 Å². The molecule has 26 heavy (non-hydrogen) atoms. The van der Waals surface area contributed by atoms with Crippen molar-refractivity contribution in [3.63, 3.8) is 0 Å². The number of carboxylic acid groups (broad SMARTS) is 1. The standard InChI is InChI=1S/C21H24N2O3/c24-20(15-5-7-16(8-6-15)21(25)26)23-11-9-14(10-12-23)18-13-22-19-4-2-1-3-17(18)19/h1-4,9,13,15-16,22H,5-8,10-12H2,(H,25,26). The molecule has 0 saturated heterocycles. The van der Waals surface area contributed by atoms with E-state index in [1.54, 1.807) is 0 Å². The molecule has 0 atom stereocenters. The van der Waals surface area contributed by atoms with E-state index in [2.05, 4.69) is 29.4 Å². The third kappa shape index (κ3) is 3.14. The second-order valence-corrected chi connectivity index (χ2v) is 7.40. The predicted molar refractivity (Wildman–Crippen MR) is 101 cm³/mol. The number of amides is 1. The van der Waals surface area contributed by atoms with Gasteiger partial charge in [0.25, 0.3) is 0 Å². The van der Waals surface area contributed by atoms with Gasteiger partial charge in [0, 0.05) is 41.7 Å². The van der Waals surface area contributed by atoms with Gasteiger partial charge in [0.1, 0.15) is 0 Å². The average Bonchev–Trinajstić information content (AvgIpc) is 3.12. The number of H-pyrrole nitrogens is 1. The Morgan fingerprint density at radius 3 is 2.50 bits per heavy atom. The number of para-hydroxylation sites is 1. The zero-order chi connectivity index (χ0) is 18.1. The number of hydrogen-bond acceptors (Lipinski definition) is 2. The molecule has 2 N–H and O–H groups in total. The number of rotatable bonds is 3. The summed E-state index contributed by atoms with van der Waals surface area (Å²) in [5.74, 6) is -0.800. The van der Waals surface area contributed by atoms with Crippen LogP contribution in [0.2, 0.25) is 0 Å². The second-order valence-electron chi connectivity index (χ2n) is 7.40. The number of aromatic amines is 1. The molecule has 5 heteroatoms. The van der Waals surface area contributed by atoms with Gasteiger partial charge in [0.15, 0.2) is 0 Å². The van der Waals surface area contributed by atoms with E-state index < -0.39 is 5.97 Å². The average molecular weight is 352 g/mol. The van der Waals surface area contributed by atoms with E-state index >= 15 is 0 Å². The Bertz CT molecular complexity index is 859. The molecule has 0 unspecified atom stereocenters. The normalized spacial score (nSPS) is 23.7. The van der Waals surface area contributed by atoms with Crippen LogP contribution in [0, 0.1) is 11.8 Å². The molecule has 1 amide bonds. The van der Waals surface area contributed by atoms with Crippen molar-refractivity contribution in [2.45, 2.75) is 32.1 Å². The lowest BCUT2D eigenvalue weighted by atomic mass is 9.81. The van der Waals surface area contributed by atoms with Gasteiger partial charge in [0.2, 0.25) is 5.91 Å². The quantitative estimate of drug-likeness (QED) is 0.885. The van der Waals surface area contributed by atoms with Gasteiger partial charge in [-0.2, -0.15) is 0 Å². The largest absolute Gasteiger partial charge is 0.481 e. The predicted octanol–water partition coefficient (Wildman–Crippen LogP) is 3.67. The maximum atomic E-state index is 12.8. The molecule has 1 aliphatic carbocycles. The summed E-state index contributed by atoms with van der Waals surface area (Å²) in [7, 11) is 0. The summed E-state index contributed by atoms with van der Waals surface area (Å²) < 4.78 is 0. The van der Waals surface area contributed by atoms with Crippen molar-refractivity contribution in [2.24, 2.45) is 11.8 Å². The number of aliphatic carboxylic acids is 1. The minimum absolute atomic E-state index is 0.00589. The van der Waals surface area contributed by atoms with Gasteiger partial charge in [-0.1, -0.05) is 24.3 Å². The third-order valence-corrected chi connectivity index (χ3v) is 5.88. The van der Waals surface area contributed by atoms with Gasteiger partial charge >= 0.3 is 5.97 Å². The number of aromatic nitrogens is 1. The Balaban J connectivity index is 1.41. The van der Waals surface area contributed by atoms with Crippen molar-refractivity contribution in [3.05, 3.63) is 42.1 Å². The first-order chi connectivity index (χ1) is 12.6. The van der Waals surface area contributed by atoms with Crippen molar-refractivity contribution in [3.8, 4) is 0 Å². The van der Waals surface area contributed by atoms with E-state index in [0.29, 0.717) is 32.2 Å². The molecule has 4 rings (SSSR count). The Labute approximate surface area is 152 Å². The monoisotopic (exact) mass is 352 g/mol. The van der Waals surface area contributed by atoms with Gasteiger partial charge in [0.05, 0.1) is 5.92 Å². The molecule has 0 radical (unpaired) electrons. The first-order valence-electron chi connectivity index (χ1n) is 9.40. The summed E-state index contributed by atoms with van der Waals surface area (Å²) in [6.45, 7) is 1.38. The van der Waals surface area contributed by atoms with Crippen LogP contribution in [-0.4, -0.2) is 40.0 Å². The molecule has 136 valence electrons. The minimum Gasteiger partial charge on any atom is -0.481 e. The van der Waals surface area contributed by atoms with Crippen LogP contribution >= 0.6 is 0 Å². The fourth-order valence-corrected chi connectivity index (χ4v) is 4.30. The van der Waals surface area contributed by atoms with E-state index in [4.69, 9.17) is 5.11 Å². The molecule has 1 saturated carbocycles. The first-order valence-corrected chi connectivity index (χ1v) is 9.40. The summed E-state index contributed by atoms with van der Waals surface area (Å²) in [6, 6.07) is 8.27. The van der Waals surface area contributed by atoms with Crippen LogP contribution in [0.1, 0.15) is 37.7 Å². The molecule has 1 aromatic heterocycles. The molecule has 1 aliphatic heterocycles. The van der Waals surface area contributed by atoms with Crippen LogP contribution in [0.4, 0.5) is 0 Å². The first kappa shape index (κ1) is 16.9. The number of benzene rings is 1. The number of fused-ring (bicyclic) bond motifs is 1. The summed E-state index contributed by atoms with van der Waals surface area (Å²) in [5, 5.41) is 10.3. The molecule has 2 aliphatic rings. The number of carbonyl (C=O) groups is 2. The van der Waals surface area contributed by atoms with Crippen molar-refractivity contribution in [2.75, 3.05) is 13.1 Å². The molecule has 0 bridgehead atoms. The van der Waals surface area contributed by atoms with Gasteiger partial charge in [-0.3, -0.25) is 9.59 Å². The third-order valence-electron chi connectivity index (χ3n) is 5.88. The van der Waals surface area contributed by atoms with Crippen molar-refractivity contribution in [1.29, 1.82) is 0 Å². The van der Waals surface area contributed by atoms with E-state index in [-0.39, 0.29) is 17.7 Å². The number of nitrogens with one attached hydrogen (secondary N) is 1. The lowest BCUT2D eigenvalue weighted by Crippen LogP contribution is -2.40.